The highest BCUT2D eigenvalue weighted by molar-refractivity contribution is 5.72. The average Bonchev–Trinajstić information content (AvgIpc) is 2.49. The molecule has 3 N–H and O–H groups in total. The zero-order valence-electron chi connectivity index (χ0n) is 19.0. The van der Waals surface area contributed by atoms with Crippen molar-refractivity contribution in [3.8, 4) is 0 Å². The van der Waals surface area contributed by atoms with E-state index in [4.69, 9.17) is 15.2 Å². The molecule has 8 nitrogen and oxygen atoms in total. The van der Waals surface area contributed by atoms with Crippen LogP contribution in [0.15, 0.2) is 0 Å². The van der Waals surface area contributed by atoms with Gasteiger partial charge in [0.1, 0.15) is 11.2 Å². The predicted molar refractivity (Wildman–Crippen MR) is 112 cm³/mol. The highest BCUT2D eigenvalue weighted by Crippen LogP contribution is 2.08. The van der Waals surface area contributed by atoms with Crippen molar-refractivity contribution in [3.05, 3.63) is 0 Å². The molecule has 0 aromatic carbocycles. The maximum atomic E-state index is 12.0. The summed E-state index contributed by atoms with van der Waals surface area (Å²) in [6.45, 7) is 18.6. The number of nitrogens with one attached hydrogen (secondary N) is 1. The number of esters is 2. The summed E-state index contributed by atoms with van der Waals surface area (Å²) in [5.74, 6) is -0.448. The minimum atomic E-state index is -0.485. The lowest BCUT2D eigenvalue weighted by atomic mass is 10.2. The number of carbonyl (C=O) groups excluding carboxylic acids is 2. The normalized spacial score (nSPS) is 12.5. The van der Waals surface area contributed by atoms with Crippen molar-refractivity contribution in [1.29, 1.82) is 0 Å². The van der Waals surface area contributed by atoms with E-state index >= 15 is 0 Å². The van der Waals surface area contributed by atoms with Gasteiger partial charge in [-0.3, -0.25) is 19.4 Å². The fourth-order valence-electron chi connectivity index (χ4n) is 2.51. The Bertz CT molecular complexity index is 458. The number of nitrogens with zero attached hydrogens (tertiary/aromatic N) is 2. The zero-order valence-corrected chi connectivity index (χ0v) is 19.0. The quantitative estimate of drug-likeness (QED) is 0.346. The molecule has 0 radical (unpaired) electrons. The van der Waals surface area contributed by atoms with E-state index in [1.54, 1.807) is 0 Å². The van der Waals surface area contributed by atoms with Gasteiger partial charge in [-0.2, -0.15) is 0 Å². The van der Waals surface area contributed by atoms with Crippen LogP contribution in [0.3, 0.4) is 0 Å². The minimum Gasteiger partial charge on any atom is -0.459 e. The Labute approximate surface area is 171 Å². The van der Waals surface area contributed by atoms with Crippen LogP contribution in [0, 0.1) is 0 Å². The number of rotatable bonds is 13. The molecular formula is C20H42N4O4. The summed E-state index contributed by atoms with van der Waals surface area (Å²) in [6.07, 6.45) is 0. The Hall–Kier alpha value is -1.22. The molecule has 166 valence electrons. The number of ether oxygens (including phenoxy) is 2. The van der Waals surface area contributed by atoms with Gasteiger partial charge in [-0.15, -0.1) is 0 Å². The van der Waals surface area contributed by atoms with Crippen molar-refractivity contribution < 1.29 is 19.1 Å². The van der Waals surface area contributed by atoms with Gasteiger partial charge in [-0.25, -0.2) is 0 Å². The van der Waals surface area contributed by atoms with Gasteiger partial charge in [-0.05, 0) is 48.1 Å². The molecule has 0 saturated carbocycles. The van der Waals surface area contributed by atoms with Gasteiger partial charge in [-0.1, -0.05) is 6.92 Å². The second-order valence-electron chi connectivity index (χ2n) is 8.86. The third-order valence-corrected chi connectivity index (χ3v) is 3.65. The molecule has 0 unspecified atom stereocenters. The molecule has 0 aliphatic heterocycles. The summed E-state index contributed by atoms with van der Waals surface area (Å²) in [5, 5.41) is 3.35. The maximum Gasteiger partial charge on any atom is 0.320 e. The molecule has 0 aromatic heterocycles. The van der Waals surface area contributed by atoms with E-state index in [2.05, 4.69) is 5.32 Å². The van der Waals surface area contributed by atoms with E-state index in [-0.39, 0.29) is 25.0 Å². The molecular weight excluding hydrogens is 360 g/mol. The second-order valence-corrected chi connectivity index (χ2v) is 8.86. The molecule has 0 aliphatic rings. The molecule has 0 atom stereocenters. The van der Waals surface area contributed by atoms with E-state index in [1.807, 2.05) is 58.3 Å². The van der Waals surface area contributed by atoms with E-state index in [0.717, 1.165) is 26.2 Å². The summed E-state index contributed by atoms with van der Waals surface area (Å²) >= 11 is 0. The summed E-state index contributed by atoms with van der Waals surface area (Å²) in [4.78, 5) is 27.9. The Balaban J connectivity index is 4.17. The third kappa shape index (κ3) is 15.8. The maximum absolute atomic E-state index is 12.0. The SMILES string of the molecule is CCN(CCNCCN(CCN)CC(=O)OC(C)(C)C)CC(=O)OC(C)(C)C. The molecule has 0 heterocycles. The largest absolute Gasteiger partial charge is 0.459 e. The first-order chi connectivity index (χ1) is 12.9. The topological polar surface area (TPSA) is 97.1 Å². The lowest BCUT2D eigenvalue weighted by molar-refractivity contribution is -0.157. The van der Waals surface area contributed by atoms with Crippen LogP contribution >= 0.6 is 0 Å². The van der Waals surface area contributed by atoms with Crippen molar-refractivity contribution in [2.45, 2.75) is 59.7 Å². The van der Waals surface area contributed by atoms with Crippen molar-refractivity contribution in [3.63, 3.8) is 0 Å². The Morgan fingerprint density at radius 2 is 1.25 bits per heavy atom. The molecule has 0 amide bonds. The first kappa shape index (κ1) is 26.8. The van der Waals surface area contributed by atoms with Crippen LogP contribution < -0.4 is 11.1 Å². The highest BCUT2D eigenvalue weighted by Gasteiger charge is 2.19. The fourth-order valence-corrected chi connectivity index (χ4v) is 2.51. The first-order valence-corrected chi connectivity index (χ1v) is 10.2. The second kappa shape index (κ2) is 13.1. The first-order valence-electron chi connectivity index (χ1n) is 10.2. The third-order valence-electron chi connectivity index (χ3n) is 3.65. The Kier molecular flexibility index (Phi) is 12.5. The lowest BCUT2D eigenvalue weighted by Gasteiger charge is -2.25. The van der Waals surface area contributed by atoms with E-state index in [9.17, 15) is 9.59 Å². The van der Waals surface area contributed by atoms with Crippen LogP contribution in [-0.2, 0) is 19.1 Å². The molecule has 0 aliphatic carbocycles. The molecule has 0 spiro atoms. The van der Waals surface area contributed by atoms with Crippen molar-refractivity contribution in [1.82, 2.24) is 15.1 Å². The van der Waals surface area contributed by atoms with E-state index < -0.39 is 11.2 Å². The van der Waals surface area contributed by atoms with Gasteiger partial charge in [0.15, 0.2) is 0 Å². The minimum absolute atomic E-state index is 0.208. The monoisotopic (exact) mass is 402 g/mol. The fraction of sp³-hybridized carbons (Fsp3) is 0.900. The zero-order chi connectivity index (χ0) is 21.8. The molecule has 0 aromatic rings. The predicted octanol–water partition coefficient (Wildman–Crippen LogP) is 0.842. The van der Waals surface area contributed by atoms with Gasteiger partial charge in [0.25, 0.3) is 0 Å². The molecule has 0 fully saturated rings. The summed E-state index contributed by atoms with van der Waals surface area (Å²) in [6, 6.07) is 0. The van der Waals surface area contributed by atoms with Crippen LogP contribution in [0.25, 0.3) is 0 Å². The van der Waals surface area contributed by atoms with Crippen LogP contribution in [0.5, 0.6) is 0 Å². The average molecular weight is 403 g/mol. The van der Waals surface area contributed by atoms with Crippen molar-refractivity contribution >= 4 is 11.9 Å². The van der Waals surface area contributed by atoms with Gasteiger partial charge in [0.2, 0.25) is 0 Å². The van der Waals surface area contributed by atoms with Crippen molar-refractivity contribution in [2.24, 2.45) is 5.73 Å². The standard InChI is InChI=1S/C20H42N4O4/c1-8-23(15-17(25)27-19(2,3)4)13-10-22-11-14-24(12-9-21)16-18(26)28-20(5,6)7/h22H,8-16,21H2,1-7H3. The lowest BCUT2D eigenvalue weighted by Crippen LogP contribution is -2.42. The number of likely N-dealkylation sites (N-methyl/N-ethyl adjacent to an activating group) is 1. The highest BCUT2D eigenvalue weighted by atomic mass is 16.6. The van der Waals surface area contributed by atoms with Crippen LogP contribution in [-0.4, -0.2) is 91.8 Å². The smallest absolute Gasteiger partial charge is 0.320 e. The Morgan fingerprint density at radius 3 is 1.64 bits per heavy atom. The molecule has 0 bridgehead atoms. The van der Waals surface area contributed by atoms with Crippen LogP contribution in [0.2, 0.25) is 0 Å². The van der Waals surface area contributed by atoms with Gasteiger partial charge in [0, 0.05) is 39.3 Å². The molecule has 28 heavy (non-hydrogen) atoms. The van der Waals surface area contributed by atoms with Crippen molar-refractivity contribution in [2.75, 3.05) is 58.9 Å². The molecule has 8 heteroatoms. The summed E-state index contributed by atoms with van der Waals surface area (Å²) < 4.78 is 10.7. The summed E-state index contributed by atoms with van der Waals surface area (Å²) in [7, 11) is 0. The van der Waals surface area contributed by atoms with Crippen LogP contribution in [0.4, 0.5) is 0 Å². The summed E-state index contributed by atoms with van der Waals surface area (Å²) in [5.41, 5.74) is 4.70. The molecule has 0 saturated heterocycles. The number of hydrogen-bond acceptors (Lipinski definition) is 8. The molecule has 0 rings (SSSR count). The van der Waals surface area contributed by atoms with Gasteiger partial charge < -0.3 is 20.5 Å². The van der Waals surface area contributed by atoms with Gasteiger partial charge >= 0.3 is 11.9 Å². The van der Waals surface area contributed by atoms with Crippen LogP contribution in [0.1, 0.15) is 48.5 Å². The van der Waals surface area contributed by atoms with E-state index in [1.165, 1.54) is 0 Å². The van der Waals surface area contributed by atoms with E-state index in [0.29, 0.717) is 19.6 Å². The Morgan fingerprint density at radius 1 is 0.821 bits per heavy atom. The number of carbonyl (C=O) groups is 2. The number of hydrogen-bond donors (Lipinski definition) is 2. The van der Waals surface area contributed by atoms with Gasteiger partial charge in [0.05, 0.1) is 13.1 Å². The number of nitrogens with two attached hydrogens (primary N) is 1.